The summed E-state index contributed by atoms with van der Waals surface area (Å²) in [5.74, 6) is 0.869. The lowest BCUT2D eigenvalue weighted by Crippen LogP contribution is -2.00. The van der Waals surface area contributed by atoms with Gasteiger partial charge in [-0.1, -0.05) is 18.2 Å². The number of hydrogen-bond donors (Lipinski definition) is 1. The smallest absolute Gasteiger partial charge is 0.119 e. The average molecular weight is 294 g/mol. The van der Waals surface area contributed by atoms with Gasteiger partial charge in [-0.25, -0.2) is 4.68 Å². The van der Waals surface area contributed by atoms with Crippen molar-refractivity contribution in [3.63, 3.8) is 0 Å². The standard InChI is InChI=1S/C17H18N4O/c1-2-10-22-16-8-6-13(7-9-16)17-12-19-20-21(17)15-5-3-4-14(18)11-15/h3-9,11-12H,2,10,18H2,1H3. The van der Waals surface area contributed by atoms with Gasteiger partial charge in [0.15, 0.2) is 0 Å². The number of anilines is 1. The fourth-order valence-electron chi connectivity index (χ4n) is 2.22. The number of rotatable bonds is 5. The number of ether oxygens (including phenoxy) is 1. The molecule has 2 N–H and O–H groups in total. The molecule has 1 aromatic heterocycles. The van der Waals surface area contributed by atoms with E-state index in [9.17, 15) is 0 Å². The molecule has 0 aliphatic carbocycles. The van der Waals surface area contributed by atoms with Crippen LogP contribution >= 0.6 is 0 Å². The summed E-state index contributed by atoms with van der Waals surface area (Å²) in [4.78, 5) is 0. The van der Waals surface area contributed by atoms with Gasteiger partial charge in [0.2, 0.25) is 0 Å². The number of benzene rings is 2. The Labute approximate surface area is 129 Å². The van der Waals surface area contributed by atoms with Crippen LogP contribution < -0.4 is 10.5 Å². The summed E-state index contributed by atoms with van der Waals surface area (Å²) in [6, 6.07) is 15.5. The Morgan fingerprint density at radius 1 is 1.14 bits per heavy atom. The monoisotopic (exact) mass is 294 g/mol. The minimum Gasteiger partial charge on any atom is -0.494 e. The van der Waals surface area contributed by atoms with E-state index < -0.39 is 0 Å². The normalized spacial score (nSPS) is 10.6. The molecule has 0 saturated carbocycles. The largest absolute Gasteiger partial charge is 0.494 e. The molecular formula is C17H18N4O. The Hall–Kier alpha value is -2.82. The Balaban J connectivity index is 1.91. The topological polar surface area (TPSA) is 66.0 Å². The number of nitrogens with two attached hydrogens (primary N) is 1. The van der Waals surface area contributed by atoms with Crippen LogP contribution in [0.15, 0.2) is 54.7 Å². The molecule has 112 valence electrons. The summed E-state index contributed by atoms with van der Waals surface area (Å²) in [6.45, 7) is 2.81. The highest BCUT2D eigenvalue weighted by Gasteiger charge is 2.09. The van der Waals surface area contributed by atoms with E-state index in [2.05, 4.69) is 17.2 Å². The molecule has 0 atom stereocenters. The lowest BCUT2D eigenvalue weighted by Gasteiger charge is -2.08. The molecule has 3 aromatic rings. The maximum atomic E-state index is 5.84. The summed E-state index contributed by atoms with van der Waals surface area (Å²) in [5.41, 5.74) is 9.36. The van der Waals surface area contributed by atoms with Crippen molar-refractivity contribution in [1.29, 1.82) is 0 Å². The highest BCUT2D eigenvalue weighted by Crippen LogP contribution is 2.24. The van der Waals surface area contributed by atoms with Gasteiger partial charge in [-0.3, -0.25) is 0 Å². The van der Waals surface area contributed by atoms with Crippen molar-refractivity contribution >= 4 is 5.69 Å². The van der Waals surface area contributed by atoms with Gasteiger partial charge in [-0.15, -0.1) is 5.10 Å². The van der Waals surface area contributed by atoms with Crippen LogP contribution in [-0.2, 0) is 0 Å². The average Bonchev–Trinajstić information content (AvgIpc) is 3.03. The maximum Gasteiger partial charge on any atom is 0.119 e. The van der Waals surface area contributed by atoms with E-state index in [4.69, 9.17) is 10.5 Å². The molecule has 0 unspecified atom stereocenters. The van der Waals surface area contributed by atoms with E-state index in [1.165, 1.54) is 0 Å². The van der Waals surface area contributed by atoms with Crippen LogP contribution in [0.4, 0.5) is 5.69 Å². The maximum absolute atomic E-state index is 5.84. The first kappa shape index (κ1) is 14.1. The molecule has 0 bridgehead atoms. The van der Waals surface area contributed by atoms with Gasteiger partial charge in [0.25, 0.3) is 0 Å². The van der Waals surface area contributed by atoms with Crippen molar-refractivity contribution in [1.82, 2.24) is 15.0 Å². The zero-order chi connectivity index (χ0) is 15.4. The first-order valence-electron chi connectivity index (χ1n) is 7.28. The van der Waals surface area contributed by atoms with Crippen LogP contribution in [0.3, 0.4) is 0 Å². The highest BCUT2D eigenvalue weighted by molar-refractivity contribution is 5.62. The molecule has 0 aliphatic rings. The highest BCUT2D eigenvalue weighted by atomic mass is 16.5. The summed E-state index contributed by atoms with van der Waals surface area (Å²) in [5, 5.41) is 8.17. The summed E-state index contributed by atoms with van der Waals surface area (Å²) < 4.78 is 7.38. The van der Waals surface area contributed by atoms with Crippen LogP contribution in [0.1, 0.15) is 13.3 Å². The van der Waals surface area contributed by atoms with Crippen molar-refractivity contribution in [2.75, 3.05) is 12.3 Å². The SMILES string of the molecule is CCCOc1ccc(-c2cnnn2-c2cccc(N)c2)cc1. The molecule has 22 heavy (non-hydrogen) atoms. The van der Waals surface area contributed by atoms with E-state index in [0.717, 1.165) is 35.7 Å². The minimum absolute atomic E-state index is 0.697. The second kappa shape index (κ2) is 6.30. The summed E-state index contributed by atoms with van der Waals surface area (Å²) >= 11 is 0. The first-order chi connectivity index (χ1) is 10.8. The van der Waals surface area contributed by atoms with Gasteiger partial charge in [-0.05, 0) is 48.9 Å². The molecule has 0 amide bonds. The van der Waals surface area contributed by atoms with Gasteiger partial charge >= 0.3 is 0 Å². The van der Waals surface area contributed by atoms with Crippen LogP contribution in [-0.4, -0.2) is 21.6 Å². The van der Waals surface area contributed by atoms with Gasteiger partial charge < -0.3 is 10.5 Å². The zero-order valence-electron chi connectivity index (χ0n) is 12.4. The predicted molar refractivity (Wildman–Crippen MR) is 87.0 cm³/mol. The lowest BCUT2D eigenvalue weighted by atomic mass is 10.1. The van der Waals surface area contributed by atoms with Gasteiger partial charge in [-0.2, -0.15) is 0 Å². The molecule has 0 saturated heterocycles. The number of aromatic nitrogens is 3. The molecule has 1 heterocycles. The lowest BCUT2D eigenvalue weighted by molar-refractivity contribution is 0.317. The van der Waals surface area contributed by atoms with Crippen molar-refractivity contribution in [3.8, 4) is 22.7 Å². The van der Waals surface area contributed by atoms with Crippen LogP contribution in [0.5, 0.6) is 5.75 Å². The number of hydrogen-bond acceptors (Lipinski definition) is 4. The van der Waals surface area contributed by atoms with E-state index in [-0.39, 0.29) is 0 Å². The number of nitrogens with zero attached hydrogens (tertiary/aromatic N) is 3. The quantitative estimate of drug-likeness (QED) is 0.733. The zero-order valence-corrected chi connectivity index (χ0v) is 12.4. The summed E-state index contributed by atoms with van der Waals surface area (Å²) in [7, 11) is 0. The molecule has 0 spiro atoms. The number of nitrogen functional groups attached to an aromatic ring is 1. The molecule has 5 nitrogen and oxygen atoms in total. The first-order valence-corrected chi connectivity index (χ1v) is 7.28. The Morgan fingerprint density at radius 3 is 2.68 bits per heavy atom. The van der Waals surface area contributed by atoms with Crippen LogP contribution in [0, 0.1) is 0 Å². The molecule has 0 aliphatic heterocycles. The van der Waals surface area contributed by atoms with E-state index >= 15 is 0 Å². The third-order valence-electron chi connectivity index (χ3n) is 3.29. The van der Waals surface area contributed by atoms with E-state index in [1.807, 2.05) is 48.5 Å². The Morgan fingerprint density at radius 2 is 1.95 bits per heavy atom. The van der Waals surface area contributed by atoms with E-state index in [1.54, 1.807) is 10.9 Å². The third-order valence-corrected chi connectivity index (χ3v) is 3.29. The fraction of sp³-hybridized carbons (Fsp3) is 0.176. The van der Waals surface area contributed by atoms with Crippen LogP contribution in [0.2, 0.25) is 0 Å². The molecule has 0 radical (unpaired) electrons. The van der Waals surface area contributed by atoms with Gasteiger partial charge in [0.1, 0.15) is 5.75 Å². The van der Waals surface area contributed by atoms with Crippen molar-refractivity contribution < 1.29 is 4.74 Å². The predicted octanol–water partition coefficient (Wildman–Crippen LogP) is 3.31. The minimum atomic E-state index is 0.697. The van der Waals surface area contributed by atoms with Crippen molar-refractivity contribution in [2.45, 2.75) is 13.3 Å². The Bertz CT molecular complexity index is 749. The molecule has 2 aromatic carbocycles. The van der Waals surface area contributed by atoms with Crippen molar-refractivity contribution in [3.05, 3.63) is 54.7 Å². The molecule has 0 fully saturated rings. The van der Waals surface area contributed by atoms with Crippen LogP contribution in [0.25, 0.3) is 16.9 Å². The Kier molecular flexibility index (Phi) is 4.05. The van der Waals surface area contributed by atoms with Gasteiger partial charge in [0, 0.05) is 11.3 Å². The molecular weight excluding hydrogens is 276 g/mol. The second-order valence-corrected chi connectivity index (χ2v) is 5.00. The van der Waals surface area contributed by atoms with E-state index in [0.29, 0.717) is 5.69 Å². The fourth-order valence-corrected chi connectivity index (χ4v) is 2.22. The molecule has 3 rings (SSSR count). The van der Waals surface area contributed by atoms with Gasteiger partial charge in [0.05, 0.1) is 24.2 Å². The summed E-state index contributed by atoms with van der Waals surface area (Å²) in [6.07, 6.45) is 2.74. The molecule has 5 heteroatoms. The second-order valence-electron chi connectivity index (χ2n) is 5.00. The van der Waals surface area contributed by atoms with Crippen molar-refractivity contribution in [2.24, 2.45) is 0 Å². The third kappa shape index (κ3) is 2.93.